The summed E-state index contributed by atoms with van der Waals surface area (Å²) >= 11 is 0. The topological polar surface area (TPSA) is 50.5 Å². The van der Waals surface area contributed by atoms with Crippen LogP contribution < -0.4 is 10.2 Å². The Bertz CT molecular complexity index is 330. The van der Waals surface area contributed by atoms with Gasteiger partial charge in [-0.25, -0.2) is 0 Å². The molecular weight excluding hydrogens is 264 g/mol. The van der Waals surface area contributed by atoms with Crippen molar-refractivity contribution in [2.24, 2.45) is 0 Å². The molecule has 0 bridgehead atoms. The molecule has 0 unspecified atom stereocenters. The van der Waals surface area contributed by atoms with E-state index in [0.29, 0.717) is 0 Å². The number of quaternary nitrogens is 2. The molecule has 0 aromatic rings. The molecule has 1 atom stereocenters. The normalized spacial score (nSPS) is 18.6. The van der Waals surface area contributed by atoms with Gasteiger partial charge < -0.3 is 20.1 Å². The zero-order valence-electron chi connectivity index (χ0n) is 14.0. The van der Waals surface area contributed by atoms with E-state index in [1.165, 1.54) is 16.0 Å². The maximum atomic E-state index is 10.0. The highest BCUT2D eigenvalue weighted by atomic mass is 16.5. The summed E-state index contributed by atoms with van der Waals surface area (Å²) in [6.07, 6.45) is 6.63. The van der Waals surface area contributed by atoms with Gasteiger partial charge in [0.05, 0.1) is 19.8 Å². The molecule has 0 radical (unpaired) electrons. The number of aliphatic hydroxyl groups excluding tert-OH is 1. The van der Waals surface area contributed by atoms with Gasteiger partial charge in [0.25, 0.3) is 0 Å². The first-order valence-electron chi connectivity index (χ1n) is 8.28. The smallest absolute Gasteiger partial charge is 0.151 e. The standard InChI is InChI=1S/C17H32N2O2/c1-15(2)5-4-6-16(3)7-8-18-13-17(20)14-19-9-11-21-12-10-19/h5,7,17-18,20H,4,6,8-14H2,1-3H3/p+2/b16-7+/t17-/m0/s1. The van der Waals surface area contributed by atoms with E-state index in [9.17, 15) is 5.11 Å². The number of allylic oxidation sites excluding steroid dienone is 3. The van der Waals surface area contributed by atoms with Gasteiger partial charge in [-0.3, -0.25) is 0 Å². The van der Waals surface area contributed by atoms with Crippen molar-refractivity contribution >= 4 is 0 Å². The van der Waals surface area contributed by atoms with Gasteiger partial charge in [0, 0.05) is 0 Å². The molecule has 21 heavy (non-hydrogen) atoms. The first-order chi connectivity index (χ1) is 10.1. The minimum Gasteiger partial charge on any atom is -0.382 e. The molecule has 122 valence electrons. The molecule has 1 saturated heterocycles. The molecular formula is C17H34N2O2+2. The summed E-state index contributed by atoms with van der Waals surface area (Å²) in [5, 5.41) is 12.3. The van der Waals surface area contributed by atoms with Crippen LogP contribution in [-0.2, 0) is 4.74 Å². The van der Waals surface area contributed by atoms with Crippen LogP contribution in [-0.4, -0.2) is 57.1 Å². The van der Waals surface area contributed by atoms with Crippen LogP contribution >= 0.6 is 0 Å². The van der Waals surface area contributed by atoms with E-state index in [0.717, 1.165) is 58.8 Å². The Balaban J connectivity index is 2.07. The molecule has 4 N–H and O–H groups in total. The van der Waals surface area contributed by atoms with Crippen molar-refractivity contribution in [3.8, 4) is 0 Å². The van der Waals surface area contributed by atoms with Crippen molar-refractivity contribution in [2.75, 3.05) is 45.9 Å². The van der Waals surface area contributed by atoms with Gasteiger partial charge in [0.1, 0.15) is 26.2 Å². The quantitative estimate of drug-likeness (QED) is 0.398. The predicted molar refractivity (Wildman–Crippen MR) is 86.5 cm³/mol. The molecule has 0 aromatic carbocycles. The van der Waals surface area contributed by atoms with Gasteiger partial charge in [-0.15, -0.1) is 0 Å². The second-order valence-electron chi connectivity index (χ2n) is 6.35. The summed E-state index contributed by atoms with van der Waals surface area (Å²) in [4.78, 5) is 1.47. The molecule has 0 aromatic heterocycles. The third kappa shape index (κ3) is 9.80. The molecule has 0 amide bonds. The first-order valence-corrected chi connectivity index (χ1v) is 8.28. The lowest BCUT2D eigenvalue weighted by Crippen LogP contribution is -3.15. The first kappa shape index (κ1) is 18.4. The van der Waals surface area contributed by atoms with E-state index in [2.05, 4.69) is 38.2 Å². The molecule has 0 spiro atoms. The van der Waals surface area contributed by atoms with Crippen LogP contribution in [0.25, 0.3) is 0 Å². The molecule has 1 aliphatic rings. The summed E-state index contributed by atoms with van der Waals surface area (Å²) in [6, 6.07) is 0. The number of morpholine rings is 1. The van der Waals surface area contributed by atoms with Crippen LogP contribution in [0.5, 0.6) is 0 Å². The minimum absolute atomic E-state index is 0.211. The number of hydrogen-bond donors (Lipinski definition) is 3. The zero-order chi connectivity index (χ0) is 15.5. The second kappa shape index (κ2) is 11.0. The molecule has 1 heterocycles. The predicted octanol–water partition coefficient (Wildman–Crippen LogP) is -0.481. The highest BCUT2D eigenvalue weighted by molar-refractivity contribution is 5.01. The Hall–Kier alpha value is -0.680. The summed E-state index contributed by atoms with van der Waals surface area (Å²) in [5.41, 5.74) is 2.83. The third-order valence-electron chi connectivity index (χ3n) is 3.89. The van der Waals surface area contributed by atoms with Crippen LogP contribution in [0.2, 0.25) is 0 Å². The molecule has 4 heteroatoms. The van der Waals surface area contributed by atoms with E-state index in [4.69, 9.17) is 4.74 Å². The van der Waals surface area contributed by atoms with Crippen molar-refractivity contribution in [1.29, 1.82) is 0 Å². The highest BCUT2D eigenvalue weighted by Gasteiger charge is 2.18. The zero-order valence-corrected chi connectivity index (χ0v) is 14.0. The van der Waals surface area contributed by atoms with E-state index in [1.54, 1.807) is 0 Å². The molecule has 1 fully saturated rings. The van der Waals surface area contributed by atoms with E-state index >= 15 is 0 Å². The monoisotopic (exact) mass is 298 g/mol. The number of aliphatic hydroxyl groups is 1. The Morgan fingerprint density at radius 3 is 2.62 bits per heavy atom. The van der Waals surface area contributed by atoms with Gasteiger partial charge in [0.15, 0.2) is 6.10 Å². The second-order valence-corrected chi connectivity index (χ2v) is 6.35. The number of rotatable bonds is 9. The molecule has 0 saturated carbocycles. The maximum Gasteiger partial charge on any atom is 0.151 e. The van der Waals surface area contributed by atoms with E-state index in [-0.39, 0.29) is 6.10 Å². The lowest BCUT2D eigenvalue weighted by molar-refractivity contribution is -0.912. The fraction of sp³-hybridized carbons (Fsp3) is 0.765. The third-order valence-corrected chi connectivity index (χ3v) is 3.89. The summed E-state index contributed by atoms with van der Waals surface area (Å²) < 4.78 is 5.33. The fourth-order valence-corrected chi connectivity index (χ4v) is 2.54. The molecule has 0 aliphatic carbocycles. The SMILES string of the molecule is CC(C)=CCC/C(C)=C/C[NH2+]C[C@H](O)C[NH+]1CCOCC1. The lowest BCUT2D eigenvalue weighted by Gasteiger charge is -2.25. The van der Waals surface area contributed by atoms with Crippen molar-refractivity contribution in [2.45, 2.75) is 39.7 Å². The largest absolute Gasteiger partial charge is 0.382 e. The molecule has 1 aliphatic heterocycles. The summed E-state index contributed by atoms with van der Waals surface area (Å²) in [7, 11) is 0. The Morgan fingerprint density at radius 2 is 1.95 bits per heavy atom. The van der Waals surface area contributed by atoms with Crippen LogP contribution in [0.4, 0.5) is 0 Å². The summed E-state index contributed by atoms with van der Waals surface area (Å²) in [6.45, 7) is 12.8. The minimum atomic E-state index is -0.211. The Kier molecular flexibility index (Phi) is 9.59. The maximum absolute atomic E-state index is 10.0. The van der Waals surface area contributed by atoms with Crippen molar-refractivity contribution in [3.63, 3.8) is 0 Å². The Labute approximate surface area is 129 Å². The number of hydrogen-bond acceptors (Lipinski definition) is 2. The molecule has 4 nitrogen and oxygen atoms in total. The Morgan fingerprint density at radius 1 is 1.24 bits per heavy atom. The highest BCUT2D eigenvalue weighted by Crippen LogP contribution is 2.05. The van der Waals surface area contributed by atoms with Crippen LogP contribution in [0.1, 0.15) is 33.6 Å². The average Bonchev–Trinajstić information content (AvgIpc) is 2.44. The van der Waals surface area contributed by atoms with Gasteiger partial charge >= 0.3 is 0 Å². The van der Waals surface area contributed by atoms with Crippen LogP contribution in [0, 0.1) is 0 Å². The molecule has 1 rings (SSSR count). The average molecular weight is 298 g/mol. The van der Waals surface area contributed by atoms with E-state index in [1.807, 2.05) is 0 Å². The summed E-state index contributed by atoms with van der Waals surface area (Å²) in [5.74, 6) is 0. The van der Waals surface area contributed by atoms with Gasteiger partial charge in [-0.2, -0.15) is 0 Å². The van der Waals surface area contributed by atoms with Crippen LogP contribution in [0.15, 0.2) is 23.3 Å². The lowest BCUT2D eigenvalue weighted by atomic mass is 10.1. The number of nitrogens with one attached hydrogen (secondary N) is 1. The van der Waals surface area contributed by atoms with Crippen molar-refractivity contribution < 1.29 is 20.1 Å². The number of ether oxygens (including phenoxy) is 1. The van der Waals surface area contributed by atoms with Crippen molar-refractivity contribution in [1.82, 2.24) is 0 Å². The van der Waals surface area contributed by atoms with Crippen LogP contribution in [0.3, 0.4) is 0 Å². The van der Waals surface area contributed by atoms with Crippen molar-refractivity contribution in [3.05, 3.63) is 23.3 Å². The van der Waals surface area contributed by atoms with Gasteiger partial charge in [-0.1, -0.05) is 17.2 Å². The van der Waals surface area contributed by atoms with E-state index < -0.39 is 0 Å². The number of nitrogens with two attached hydrogens (primary N) is 1. The van der Waals surface area contributed by atoms with Gasteiger partial charge in [0.2, 0.25) is 0 Å². The van der Waals surface area contributed by atoms with Gasteiger partial charge in [-0.05, 0) is 39.7 Å². The fourth-order valence-electron chi connectivity index (χ4n) is 2.54.